The van der Waals surface area contributed by atoms with Crippen molar-refractivity contribution in [3.8, 4) is 22.3 Å². The Morgan fingerprint density at radius 3 is 1.30 bits per heavy atom. The second-order valence-corrected chi connectivity index (χ2v) is 7.19. The van der Waals surface area contributed by atoms with E-state index in [-0.39, 0.29) is 5.41 Å². The van der Waals surface area contributed by atoms with E-state index in [9.17, 15) is 0 Å². The van der Waals surface area contributed by atoms with E-state index < -0.39 is 0 Å². The maximum absolute atomic E-state index is 4.17. The first-order chi connectivity index (χ1) is 13.2. The molecule has 0 bridgehead atoms. The van der Waals surface area contributed by atoms with Gasteiger partial charge in [0.25, 0.3) is 0 Å². The van der Waals surface area contributed by atoms with E-state index in [2.05, 4.69) is 96.6 Å². The summed E-state index contributed by atoms with van der Waals surface area (Å²) >= 11 is 0. The average molecular weight is 350 g/mol. The number of nitrogens with zero attached hydrogens (tertiary/aromatic N) is 2. The monoisotopic (exact) mass is 350 g/mol. The lowest BCUT2D eigenvalue weighted by molar-refractivity contribution is 0.644. The molecule has 4 rings (SSSR count). The lowest BCUT2D eigenvalue weighted by Crippen LogP contribution is -2.21. The number of rotatable bonds is 4. The standard InChI is InChI=1S/C25H22N2/c1-25(2,23-9-5-3-7-21(23)19-11-15-26-16-12-19)24-10-6-4-8-22(24)20-13-17-27-18-14-20/h3-18H,1-2H3. The molecule has 0 aliphatic heterocycles. The number of pyridine rings is 2. The zero-order chi connectivity index (χ0) is 18.7. The van der Waals surface area contributed by atoms with Crippen molar-refractivity contribution in [2.75, 3.05) is 0 Å². The Balaban J connectivity index is 1.90. The van der Waals surface area contributed by atoms with E-state index in [4.69, 9.17) is 0 Å². The topological polar surface area (TPSA) is 25.8 Å². The molecule has 4 aromatic rings. The van der Waals surface area contributed by atoms with Crippen molar-refractivity contribution in [3.05, 3.63) is 109 Å². The van der Waals surface area contributed by atoms with E-state index in [1.807, 2.05) is 24.8 Å². The van der Waals surface area contributed by atoms with Crippen molar-refractivity contribution in [2.45, 2.75) is 19.3 Å². The van der Waals surface area contributed by atoms with E-state index in [1.165, 1.54) is 33.4 Å². The van der Waals surface area contributed by atoms with Crippen molar-refractivity contribution >= 4 is 0 Å². The van der Waals surface area contributed by atoms with Gasteiger partial charge in [0.2, 0.25) is 0 Å². The Kier molecular flexibility index (Phi) is 4.55. The first kappa shape index (κ1) is 17.2. The normalized spacial score (nSPS) is 11.3. The molecule has 0 radical (unpaired) electrons. The molecule has 2 nitrogen and oxygen atoms in total. The number of benzene rings is 2. The third-order valence-electron chi connectivity index (χ3n) is 5.18. The second-order valence-electron chi connectivity index (χ2n) is 7.19. The smallest absolute Gasteiger partial charge is 0.0273 e. The van der Waals surface area contributed by atoms with Gasteiger partial charge in [0.15, 0.2) is 0 Å². The van der Waals surface area contributed by atoms with Gasteiger partial charge in [-0.3, -0.25) is 9.97 Å². The summed E-state index contributed by atoms with van der Waals surface area (Å²) in [6.45, 7) is 4.60. The highest BCUT2D eigenvalue weighted by atomic mass is 14.6. The first-order valence-corrected chi connectivity index (χ1v) is 9.18. The molecule has 0 spiro atoms. The van der Waals surface area contributed by atoms with Gasteiger partial charge in [-0.05, 0) is 57.6 Å². The average Bonchev–Trinajstić information content (AvgIpc) is 2.75. The van der Waals surface area contributed by atoms with Gasteiger partial charge in [0, 0.05) is 30.2 Å². The lowest BCUT2D eigenvalue weighted by Gasteiger charge is -2.31. The van der Waals surface area contributed by atoms with Gasteiger partial charge in [-0.2, -0.15) is 0 Å². The first-order valence-electron chi connectivity index (χ1n) is 9.18. The van der Waals surface area contributed by atoms with Crippen LogP contribution in [-0.4, -0.2) is 9.97 Å². The van der Waals surface area contributed by atoms with Gasteiger partial charge < -0.3 is 0 Å². The molecule has 27 heavy (non-hydrogen) atoms. The largest absolute Gasteiger partial charge is 0.265 e. The summed E-state index contributed by atoms with van der Waals surface area (Å²) in [5.74, 6) is 0. The zero-order valence-electron chi connectivity index (χ0n) is 15.6. The second kappa shape index (κ2) is 7.16. The summed E-state index contributed by atoms with van der Waals surface area (Å²) in [6.07, 6.45) is 7.40. The predicted octanol–water partition coefficient (Wildman–Crippen LogP) is 6.14. The summed E-state index contributed by atoms with van der Waals surface area (Å²) in [5.41, 5.74) is 7.31. The molecule has 0 amide bonds. The molecule has 0 aliphatic rings. The van der Waals surface area contributed by atoms with Gasteiger partial charge in [-0.15, -0.1) is 0 Å². The Bertz CT molecular complexity index is 953. The number of aromatic nitrogens is 2. The van der Waals surface area contributed by atoms with Crippen LogP contribution < -0.4 is 0 Å². The Morgan fingerprint density at radius 2 is 0.889 bits per heavy atom. The van der Waals surface area contributed by atoms with E-state index >= 15 is 0 Å². The fourth-order valence-corrected chi connectivity index (χ4v) is 3.77. The predicted molar refractivity (Wildman–Crippen MR) is 111 cm³/mol. The molecule has 0 atom stereocenters. The minimum absolute atomic E-state index is 0.167. The summed E-state index contributed by atoms with van der Waals surface area (Å²) in [7, 11) is 0. The van der Waals surface area contributed by atoms with E-state index in [1.54, 1.807) is 0 Å². The van der Waals surface area contributed by atoms with Crippen molar-refractivity contribution in [1.82, 2.24) is 9.97 Å². The molecule has 0 aliphatic carbocycles. The van der Waals surface area contributed by atoms with E-state index in [0.29, 0.717) is 0 Å². The highest BCUT2D eigenvalue weighted by molar-refractivity contribution is 5.74. The van der Waals surface area contributed by atoms with E-state index in [0.717, 1.165) is 0 Å². The Hall–Kier alpha value is -3.26. The highest BCUT2D eigenvalue weighted by Crippen LogP contribution is 2.41. The molecule has 2 aromatic heterocycles. The van der Waals surface area contributed by atoms with Crippen molar-refractivity contribution in [3.63, 3.8) is 0 Å². The van der Waals surface area contributed by atoms with Crippen molar-refractivity contribution < 1.29 is 0 Å². The van der Waals surface area contributed by atoms with Crippen LogP contribution in [0, 0.1) is 0 Å². The third kappa shape index (κ3) is 3.26. The Morgan fingerprint density at radius 1 is 0.519 bits per heavy atom. The fourth-order valence-electron chi connectivity index (χ4n) is 3.77. The van der Waals surface area contributed by atoms with Crippen LogP contribution in [0.15, 0.2) is 97.6 Å². The molecular formula is C25H22N2. The number of hydrogen-bond donors (Lipinski definition) is 0. The van der Waals surface area contributed by atoms with Gasteiger partial charge in [0.05, 0.1) is 0 Å². The molecule has 0 saturated heterocycles. The van der Waals surface area contributed by atoms with Crippen LogP contribution in [0.1, 0.15) is 25.0 Å². The molecule has 2 aromatic carbocycles. The van der Waals surface area contributed by atoms with Gasteiger partial charge in [-0.1, -0.05) is 62.4 Å². The van der Waals surface area contributed by atoms with Crippen LogP contribution in [0.5, 0.6) is 0 Å². The van der Waals surface area contributed by atoms with Gasteiger partial charge >= 0.3 is 0 Å². The molecule has 2 heteroatoms. The van der Waals surface area contributed by atoms with Crippen LogP contribution in [0.2, 0.25) is 0 Å². The molecule has 132 valence electrons. The molecule has 0 N–H and O–H groups in total. The van der Waals surface area contributed by atoms with Crippen LogP contribution in [-0.2, 0) is 5.41 Å². The summed E-state index contributed by atoms with van der Waals surface area (Å²) in [5, 5.41) is 0. The lowest BCUT2D eigenvalue weighted by atomic mass is 9.72. The fraction of sp³-hybridized carbons (Fsp3) is 0.120. The van der Waals surface area contributed by atoms with Crippen LogP contribution in [0.3, 0.4) is 0 Å². The summed E-state index contributed by atoms with van der Waals surface area (Å²) in [4.78, 5) is 8.34. The van der Waals surface area contributed by atoms with Gasteiger partial charge in [0.1, 0.15) is 0 Å². The van der Waals surface area contributed by atoms with Crippen molar-refractivity contribution in [1.29, 1.82) is 0 Å². The summed E-state index contributed by atoms with van der Waals surface area (Å²) in [6, 6.07) is 25.6. The van der Waals surface area contributed by atoms with Crippen LogP contribution in [0.4, 0.5) is 0 Å². The minimum Gasteiger partial charge on any atom is -0.265 e. The molecule has 0 saturated carbocycles. The SMILES string of the molecule is CC(C)(c1ccccc1-c1ccncc1)c1ccccc1-c1ccncc1. The van der Waals surface area contributed by atoms with Gasteiger partial charge in [-0.25, -0.2) is 0 Å². The minimum atomic E-state index is -0.167. The molecule has 2 heterocycles. The number of hydrogen-bond acceptors (Lipinski definition) is 2. The summed E-state index contributed by atoms with van der Waals surface area (Å²) < 4.78 is 0. The maximum Gasteiger partial charge on any atom is 0.0273 e. The third-order valence-corrected chi connectivity index (χ3v) is 5.18. The molecular weight excluding hydrogens is 328 g/mol. The van der Waals surface area contributed by atoms with Crippen molar-refractivity contribution in [2.24, 2.45) is 0 Å². The molecule has 0 unspecified atom stereocenters. The Labute approximate surface area is 160 Å². The maximum atomic E-state index is 4.17. The molecule has 0 fully saturated rings. The van der Waals surface area contributed by atoms with Crippen LogP contribution >= 0.6 is 0 Å². The highest BCUT2D eigenvalue weighted by Gasteiger charge is 2.28. The quantitative estimate of drug-likeness (QED) is 0.442. The van der Waals surface area contributed by atoms with Crippen LogP contribution in [0.25, 0.3) is 22.3 Å². The zero-order valence-corrected chi connectivity index (χ0v) is 15.6.